The van der Waals surface area contributed by atoms with Crippen molar-refractivity contribution in [2.45, 2.75) is 20.3 Å². The van der Waals surface area contributed by atoms with Crippen LogP contribution in [0.2, 0.25) is 5.02 Å². The second kappa shape index (κ2) is 8.59. The minimum Gasteiger partial charge on any atom is -0.326 e. The fourth-order valence-corrected chi connectivity index (χ4v) is 4.30. The van der Waals surface area contributed by atoms with E-state index in [-0.39, 0.29) is 27.4 Å². The summed E-state index contributed by atoms with van der Waals surface area (Å²) in [6, 6.07) is 11.3. The molecule has 0 fully saturated rings. The van der Waals surface area contributed by atoms with Crippen LogP contribution < -0.4 is 10.6 Å². The molecule has 3 rings (SSSR count). The van der Waals surface area contributed by atoms with Gasteiger partial charge in [-0.05, 0) is 24.1 Å². The molecule has 2 N–H and O–H groups in total. The SMILES string of the molecule is CC(C)CC(=O)Nc1cccc(NC(=O)c2sc3c([N+](=O)[O-])cccc3c2Cl)c1. The maximum Gasteiger partial charge on any atom is 0.287 e. The Balaban J connectivity index is 1.83. The topological polar surface area (TPSA) is 101 Å². The Hall–Kier alpha value is -2.97. The summed E-state index contributed by atoms with van der Waals surface area (Å²) in [6.07, 6.45) is 0.396. The average Bonchev–Trinajstić information content (AvgIpc) is 2.98. The van der Waals surface area contributed by atoms with E-state index >= 15 is 0 Å². The highest BCUT2D eigenvalue weighted by molar-refractivity contribution is 7.22. The maximum atomic E-state index is 12.7. The number of nitro benzene ring substituents is 1. The summed E-state index contributed by atoms with van der Waals surface area (Å²) in [4.78, 5) is 35.6. The lowest BCUT2D eigenvalue weighted by Gasteiger charge is -2.09. The van der Waals surface area contributed by atoms with Crippen LogP contribution in [0, 0.1) is 16.0 Å². The molecule has 9 heteroatoms. The minimum absolute atomic E-state index is 0.0942. The standard InChI is InChI=1S/C20H18ClN3O4S/c1-11(2)9-16(25)22-12-5-3-6-13(10-12)23-20(26)19-17(21)14-7-4-8-15(24(27)28)18(14)29-19/h3-8,10-11H,9H2,1-2H3,(H,22,25)(H,23,26). The van der Waals surface area contributed by atoms with Crippen molar-refractivity contribution < 1.29 is 14.5 Å². The molecule has 2 amide bonds. The summed E-state index contributed by atoms with van der Waals surface area (Å²) in [7, 11) is 0. The zero-order valence-electron chi connectivity index (χ0n) is 15.7. The van der Waals surface area contributed by atoms with Gasteiger partial charge in [0.2, 0.25) is 5.91 Å². The number of anilines is 2. The third-order valence-electron chi connectivity index (χ3n) is 4.03. The highest BCUT2D eigenvalue weighted by atomic mass is 35.5. The Morgan fingerprint density at radius 3 is 2.45 bits per heavy atom. The number of rotatable bonds is 6. The van der Waals surface area contributed by atoms with E-state index in [0.717, 1.165) is 11.3 Å². The lowest BCUT2D eigenvalue weighted by atomic mass is 10.1. The van der Waals surface area contributed by atoms with E-state index in [1.807, 2.05) is 13.8 Å². The molecule has 2 aromatic carbocycles. The summed E-state index contributed by atoms with van der Waals surface area (Å²) in [5.41, 5.74) is 0.940. The molecule has 1 heterocycles. The first-order valence-corrected chi connectivity index (χ1v) is 10.0. The Morgan fingerprint density at radius 2 is 1.79 bits per heavy atom. The first kappa shape index (κ1) is 20.8. The first-order chi connectivity index (χ1) is 13.8. The van der Waals surface area contributed by atoms with E-state index in [0.29, 0.717) is 27.9 Å². The molecular weight excluding hydrogens is 414 g/mol. The van der Waals surface area contributed by atoms with Gasteiger partial charge in [-0.15, -0.1) is 11.3 Å². The van der Waals surface area contributed by atoms with Gasteiger partial charge in [-0.2, -0.15) is 0 Å². The Labute approximate surface area is 175 Å². The molecule has 29 heavy (non-hydrogen) atoms. The van der Waals surface area contributed by atoms with Gasteiger partial charge in [-0.1, -0.05) is 43.6 Å². The number of carbonyl (C=O) groups excluding carboxylic acids is 2. The van der Waals surface area contributed by atoms with Gasteiger partial charge in [0.25, 0.3) is 11.6 Å². The summed E-state index contributed by atoms with van der Waals surface area (Å²) in [5, 5.41) is 17.4. The van der Waals surface area contributed by atoms with E-state index in [9.17, 15) is 19.7 Å². The van der Waals surface area contributed by atoms with Crippen molar-refractivity contribution >= 4 is 61.9 Å². The number of carbonyl (C=O) groups is 2. The minimum atomic E-state index is -0.500. The molecule has 0 saturated heterocycles. The maximum absolute atomic E-state index is 12.7. The largest absolute Gasteiger partial charge is 0.326 e. The fourth-order valence-electron chi connectivity index (χ4n) is 2.81. The van der Waals surface area contributed by atoms with Gasteiger partial charge >= 0.3 is 0 Å². The van der Waals surface area contributed by atoms with Crippen molar-refractivity contribution in [1.82, 2.24) is 0 Å². The van der Waals surface area contributed by atoms with Crippen molar-refractivity contribution in [1.29, 1.82) is 0 Å². The molecule has 1 aromatic heterocycles. The number of hydrogen-bond acceptors (Lipinski definition) is 5. The van der Waals surface area contributed by atoms with E-state index in [4.69, 9.17) is 11.6 Å². The van der Waals surface area contributed by atoms with Gasteiger partial charge in [0.15, 0.2) is 0 Å². The monoisotopic (exact) mass is 431 g/mol. The molecule has 0 spiro atoms. The van der Waals surface area contributed by atoms with Crippen molar-refractivity contribution in [3.05, 3.63) is 62.5 Å². The van der Waals surface area contributed by atoms with Gasteiger partial charge in [0, 0.05) is 29.2 Å². The number of thiophene rings is 1. The number of nitrogens with one attached hydrogen (secondary N) is 2. The van der Waals surface area contributed by atoms with Gasteiger partial charge in [-0.3, -0.25) is 19.7 Å². The van der Waals surface area contributed by atoms with Crippen LogP contribution in [0.4, 0.5) is 17.1 Å². The van der Waals surface area contributed by atoms with Gasteiger partial charge in [-0.25, -0.2) is 0 Å². The summed E-state index contributed by atoms with van der Waals surface area (Å²) in [6.45, 7) is 3.91. The fraction of sp³-hybridized carbons (Fsp3) is 0.200. The summed E-state index contributed by atoms with van der Waals surface area (Å²) >= 11 is 7.29. The van der Waals surface area contributed by atoms with E-state index < -0.39 is 10.8 Å². The van der Waals surface area contributed by atoms with Crippen LogP contribution >= 0.6 is 22.9 Å². The van der Waals surface area contributed by atoms with Crippen LogP contribution in [0.1, 0.15) is 29.9 Å². The second-order valence-corrected chi connectivity index (χ2v) is 8.24. The van der Waals surface area contributed by atoms with Crippen molar-refractivity contribution in [3.63, 3.8) is 0 Å². The molecule has 3 aromatic rings. The lowest BCUT2D eigenvalue weighted by molar-refractivity contribution is -0.382. The van der Waals surface area contributed by atoms with Crippen LogP contribution in [0.15, 0.2) is 42.5 Å². The summed E-state index contributed by atoms with van der Waals surface area (Å²) in [5.74, 6) is -0.350. The quantitative estimate of drug-likeness (QED) is 0.386. The normalized spacial score (nSPS) is 10.9. The number of benzene rings is 2. The zero-order valence-corrected chi connectivity index (χ0v) is 17.3. The molecule has 7 nitrogen and oxygen atoms in total. The average molecular weight is 432 g/mol. The van der Waals surface area contributed by atoms with Crippen molar-refractivity contribution in [3.8, 4) is 0 Å². The molecule has 0 bridgehead atoms. The second-order valence-electron chi connectivity index (χ2n) is 6.84. The Morgan fingerprint density at radius 1 is 1.14 bits per heavy atom. The molecule has 0 atom stereocenters. The highest BCUT2D eigenvalue weighted by Crippen LogP contribution is 2.40. The zero-order chi connectivity index (χ0) is 21.1. The Kier molecular flexibility index (Phi) is 6.14. The predicted octanol–water partition coefficient (Wildman–Crippen LogP) is 5.70. The predicted molar refractivity (Wildman–Crippen MR) is 116 cm³/mol. The number of amides is 2. The van der Waals surface area contributed by atoms with Gasteiger partial charge in [0.05, 0.1) is 9.95 Å². The van der Waals surface area contributed by atoms with Gasteiger partial charge < -0.3 is 10.6 Å². The van der Waals surface area contributed by atoms with Crippen LogP contribution in [0.25, 0.3) is 10.1 Å². The third kappa shape index (κ3) is 4.72. The van der Waals surface area contributed by atoms with Crippen LogP contribution in [-0.4, -0.2) is 16.7 Å². The van der Waals surface area contributed by atoms with Crippen molar-refractivity contribution in [2.24, 2.45) is 5.92 Å². The smallest absolute Gasteiger partial charge is 0.287 e. The molecule has 0 aliphatic rings. The summed E-state index contributed by atoms with van der Waals surface area (Å²) < 4.78 is 0.349. The number of halogens is 1. The number of fused-ring (bicyclic) bond motifs is 1. The molecule has 0 aliphatic heterocycles. The number of nitro groups is 1. The first-order valence-electron chi connectivity index (χ1n) is 8.83. The van der Waals surface area contributed by atoms with E-state index in [1.54, 1.807) is 30.3 Å². The third-order valence-corrected chi connectivity index (χ3v) is 5.77. The lowest BCUT2D eigenvalue weighted by Crippen LogP contribution is -2.14. The van der Waals surface area contributed by atoms with Crippen LogP contribution in [0.3, 0.4) is 0 Å². The Bertz CT molecular complexity index is 1110. The number of nitrogens with zero attached hydrogens (tertiary/aromatic N) is 1. The van der Waals surface area contributed by atoms with Gasteiger partial charge in [0.1, 0.15) is 9.58 Å². The van der Waals surface area contributed by atoms with E-state index in [2.05, 4.69) is 10.6 Å². The van der Waals surface area contributed by atoms with Crippen molar-refractivity contribution in [2.75, 3.05) is 10.6 Å². The molecular formula is C20H18ClN3O4S. The van der Waals surface area contributed by atoms with E-state index in [1.165, 1.54) is 12.1 Å². The number of hydrogen-bond donors (Lipinski definition) is 2. The number of non-ortho nitro benzene ring substituents is 1. The van der Waals surface area contributed by atoms with Crippen LogP contribution in [0.5, 0.6) is 0 Å². The molecule has 150 valence electrons. The van der Waals surface area contributed by atoms with Crippen LogP contribution in [-0.2, 0) is 4.79 Å². The highest BCUT2D eigenvalue weighted by Gasteiger charge is 2.22. The molecule has 0 saturated carbocycles. The molecule has 0 aliphatic carbocycles. The molecule has 0 radical (unpaired) electrons. The molecule has 0 unspecified atom stereocenters.